The van der Waals surface area contributed by atoms with Gasteiger partial charge >= 0.3 is 5.97 Å². The molecule has 1 spiro atoms. The molecule has 1 atom stereocenters. The van der Waals surface area contributed by atoms with E-state index in [0.29, 0.717) is 24.8 Å². The molecule has 0 amide bonds. The Morgan fingerprint density at radius 2 is 1.89 bits per heavy atom. The van der Waals surface area contributed by atoms with Crippen LogP contribution in [0.3, 0.4) is 0 Å². The Kier molecular flexibility index (Phi) is 9.56. The second-order valence-corrected chi connectivity index (χ2v) is 11.3. The lowest BCUT2D eigenvalue weighted by molar-refractivity contribution is -0.137. The molecule has 2 aromatic heterocycles. The molecule has 4 heterocycles. The van der Waals surface area contributed by atoms with E-state index < -0.39 is 5.97 Å². The molecule has 2 aliphatic rings. The summed E-state index contributed by atoms with van der Waals surface area (Å²) in [7, 11) is 0. The monoisotopic (exact) mass is 499 g/mol. The summed E-state index contributed by atoms with van der Waals surface area (Å²) in [5, 5.41) is 12.5. The quantitative estimate of drug-likeness (QED) is 0.343. The minimum Gasteiger partial charge on any atom is -0.481 e. The Labute approximate surface area is 215 Å². The highest BCUT2D eigenvalue weighted by atomic mass is 16.4. The molecule has 0 aliphatic carbocycles. The predicted octanol–water partition coefficient (Wildman–Crippen LogP) is 3.18. The second-order valence-electron chi connectivity index (χ2n) is 11.3. The van der Waals surface area contributed by atoms with E-state index in [4.69, 9.17) is 5.11 Å². The van der Waals surface area contributed by atoms with Gasteiger partial charge in [-0.2, -0.15) is 0 Å². The van der Waals surface area contributed by atoms with Crippen LogP contribution in [0.15, 0.2) is 24.8 Å². The summed E-state index contributed by atoms with van der Waals surface area (Å²) in [4.78, 5) is 28.5. The Hall–Kier alpha value is -2.23. The molecule has 3 N–H and O–H groups in total. The average molecular weight is 500 g/mol. The lowest BCUT2D eigenvalue weighted by Gasteiger charge is -2.40. The first-order valence-corrected chi connectivity index (χ1v) is 13.8. The molecule has 1 unspecified atom stereocenters. The zero-order valence-electron chi connectivity index (χ0n) is 22.2. The SMILES string of the molecule is CC(C)CN1CCC2(CC1)CCN(CCCn1ccnc1C(Cc1ncc[nH]1)NCCCC(=O)O)C2. The van der Waals surface area contributed by atoms with E-state index in [9.17, 15) is 4.79 Å². The number of imidazole rings is 2. The van der Waals surface area contributed by atoms with Gasteiger partial charge in [0.15, 0.2) is 0 Å². The zero-order valence-corrected chi connectivity index (χ0v) is 22.2. The van der Waals surface area contributed by atoms with E-state index in [-0.39, 0.29) is 12.5 Å². The fraction of sp³-hybridized carbons (Fsp3) is 0.741. The molecule has 0 radical (unpaired) electrons. The van der Waals surface area contributed by atoms with Crippen molar-refractivity contribution in [2.24, 2.45) is 11.3 Å². The first kappa shape index (κ1) is 26.8. The number of aryl methyl sites for hydroxylation is 1. The molecule has 0 aromatic carbocycles. The maximum absolute atomic E-state index is 10.9. The van der Waals surface area contributed by atoms with Crippen molar-refractivity contribution in [3.05, 3.63) is 36.4 Å². The van der Waals surface area contributed by atoms with Crippen LogP contribution in [0.1, 0.15) is 70.1 Å². The Morgan fingerprint density at radius 1 is 1.11 bits per heavy atom. The molecule has 200 valence electrons. The van der Waals surface area contributed by atoms with E-state index in [2.05, 4.69) is 54.7 Å². The molecular formula is C27H45N7O2. The number of carbonyl (C=O) groups is 1. The van der Waals surface area contributed by atoms with Gasteiger partial charge in [-0.3, -0.25) is 4.79 Å². The van der Waals surface area contributed by atoms with Crippen molar-refractivity contribution in [2.45, 2.75) is 71.4 Å². The number of hydrogen-bond acceptors (Lipinski definition) is 6. The van der Waals surface area contributed by atoms with E-state index in [1.165, 1.54) is 52.0 Å². The van der Waals surface area contributed by atoms with Crippen LogP contribution in [0.25, 0.3) is 0 Å². The van der Waals surface area contributed by atoms with E-state index in [1.54, 1.807) is 6.20 Å². The predicted molar refractivity (Wildman–Crippen MR) is 141 cm³/mol. The largest absolute Gasteiger partial charge is 0.481 e. The maximum Gasteiger partial charge on any atom is 0.303 e. The van der Waals surface area contributed by atoms with Crippen LogP contribution in [0.5, 0.6) is 0 Å². The van der Waals surface area contributed by atoms with Gasteiger partial charge in [-0.25, -0.2) is 9.97 Å². The average Bonchev–Trinajstić information content (AvgIpc) is 3.60. The van der Waals surface area contributed by atoms with Gasteiger partial charge in [-0.05, 0) is 76.2 Å². The first-order chi connectivity index (χ1) is 17.4. The number of aliphatic carboxylic acids is 1. The molecule has 2 aromatic rings. The number of hydrogen-bond donors (Lipinski definition) is 3. The van der Waals surface area contributed by atoms with E-state index in [1.807, 2.05) is 12.4 Å². The summed E-state index contributed by atoms with van der Waals surface area (Å²) in [6, 6.07) is -0.00831. The fourth-order valence-corrected chi connectivity index (χ4v) is 6.01. The zero-order chi connectivity index (χ0) is 25.4. The molecule has 9 nitrogen and oxygen atoms in total. The van der Waals surface area contributed by atoms with Crippen molar-refractivity contribution in [2.75, 3.05) is 45.8 Å². The number of aromatic amines is 1. The second kappa shape index (κ2) is 12.8. The van der Waals surface area contributed by atoms with Crippen LogP contribution in [0.4, 0.5) is 0 Å². The topological polar surface area (TPSA) is 102 Å². The fourth-order valence-electron chi connectivity index (χ4n) is 6.01. The number of carboxylic acids is 1. The molecule has 2 saturated heterocycles. The minimum absolute atomic E-state index is 0.00831. The van der Waals surface area contributed by atoms with Crippen molar-refractivity contribution in [1.82, 2.24) is 34.6 Å². The molecule has 0 bridgehead atoms. The summed E-state index contributed by atoms with van der Waals surface area (Å²) in [5.74, 6) is 1.90. The summed E-state index contributed by atoms with van der Waals surface area (Å²) < 4.78 is 2.26. The normalized spacial score (nSPS) is 19.4. The molecule has 9 heteroatoms. The third-order valence-corrected chi connectivity index (χ3v) is 7.90. The number of likely N-dealkylation sites (tertiary alicyclic amines) is 2. The lowest BCUT2D eigenvalue weighted by atomic mass is 9.77. The number of rotatable bonds is 14. The third-order valence-electron chi connectivity index (χ3n) is 7.90. The van der Waals surface area contributed by atoms with Crippen LogP contribution in [-0.4, -0.2) is 86.2 Å². The number of H-pyrrole nitrogens is 1. The van der Waals surface area contributed by atoms with Gasteiger partial charge in [-0.15, -0.1) is 0 Å². The minimum atomic E-state index is -0.759. The summed E-state index contributed by atoms with van der Waals surface area (Å²) in [6.07, 6.45) is 14.2. The molecule has 36 heavy (non-hydrogen) atoms. The Morgan fingerprint density at radius 3 is 2.58 bits per heavy atom. The highest BCUT2D eigenvalue weighted by Crippen LogP contribution is 2.40. The molecule has 0 saturated carbocycles. The number of aromatic nitrogens is 4. The maximum atomic E-state index is 10.9. The van der Waals surface area contributed by atoms with E-state index >= 15 is 0 Å². The number of nitrogens with zero attached hydrogens (tertiary/aromatic N) is 5. The molecule has 4 rings (SSSR count). The summed E-state index contributed by atoms with van der Waals surface area (Å²) in [6.45, 7) is 13.6. The van der Waals surface area contributed by atoms with Gasteiger partial charge in [0.1, 0.15) is 11.6 Å². The summed E-state index contributed by atoms with van der Waals surface area (Å²) >= 11 is 0. The number of carboxylic acid groups (broad SMARTS) is 1. The molecular weight excluding hydrogens is 454 g/mol. The third kappa shape index (κ3) is 7.63. The molecule has 2 aliphatic heterocycles. The Balaban J connectivity index is 1.26. The highest BCUT2D eigenvalue weighted by Gasteiger charge is 2.40. The van der Waals surface area contributed by atoms with Gasteiger partial charge in [0.05, 0.1) is 6.04 Å². The van der Waals surface area contributed by atoms with E-state index in [0.717, 1.165) is 37.1 Å². The lowest BCUT2D eigenvalue weighted by Crippen LogP contribution is -2.42. The van der Waals surface area contributed by atoms with Crippen LogP contribution in [0, 0.1) is 11.3 Å². The highest BCUT2D eigenvalue weighted by molar-refractivity contribution is 5.66. The molecule has 2 fully saturated rings. The smallest absolute Gasteiger partial charge is 0.303 e. The van der Waals surface area contributed by atoms with Crippen molar-refractivity contribution in [3.8, 4) is 0 Å². The Bertz CT molecular complexity index is 918. The van der Waals surface area contributed by atoms with Crippen molar-refractivity contribution in [1.29, 1.82) is 0 Å². The summed E-state index contributed by atoms with van der Waals surface area (Å²) in [5.41, 5.74) is 0.543. The van der Waals surface area contributed by atoms with Gasteiger partial charge < -0.3 is 29.8 Å². The van der Waals surface area contributed by atoms with Crippen molar-refractivity contribution >= 4 is 5.97 Å². The van der Waals surface area contributed by atoms with Crippen molar-refractivity contribution < 1.29 is 9.90 Å². The van der Waals surface area contributed by atoms with Gasteiger partial charge in [0.2, 0.25) is 0 Å². The van der Waals surface area contributed by atoms with Crippen LogP contribution in [-0.2, 0) is 17.8 Å². The first-order valence-electron chi connectivity index (χ1n) is 13.8. The standard InChI is InChI=1S/C27H45N7O2/c1-22(2)20-32-15-6-27(7-16-32)8-17-33(21-27)13-4-14-34-18-12-31-26(34)23(19-24-29-10-11-30-24)28-9-3-5-25(35)36/h10-12,18,22-23,28H,3-9,13-17,19-21H2,1-2H3,(H,29,30)(H,35,36). The number of piperidine rings is 1. The van der Waals surface area contributed by atoms with Gasteiger partial charge in [0, 0.05) is 57.3 Å². The van der Waals surface area contributed by atoms with Crippen LogP contribution >= 0.6 is 0 Å². The van der Waals surface area contributed by atoms with Gasteiger partial charge in [-0.1, -0.05) is 13.8 Å². The van der Waals surface area contributed by atoms with Crippen LogP contribution < -0.4 is 5.32 Å². The van der Waals surface area contributed by atoms with Gasteiger partial charge in [0.25, 0.3) is 0 Å². The van der Waals surface area contributed by atoms with Crippen molar-refractivity contribution in [3.63, 3.8) is 0 Å². The van der Waals surface area contributed by atoms with Crippen LogP contribution in [0.2, 0.25) is 0 Å². The number of nitrogens with one attached hydrogen (secondary N) is 2.